The molecule has 0 radical (unpaired) electrons. The maximum absolute atomic E-state index is 4.53. The van der Waals surface area contributed by atoms with Crippen molar-refractivity contribution in [2.45, 2.75) is 51.1 Å². The van der Waals surface area contributed by atoms with Gasteiger partial charge in [-0.05, 0) is 49.0 Å². The Balaban J connectivity index is 0.00000272. The van der Waals surface area contributed by atoms with Crippen LogP contribution in [0.15, 0.2) is 41.7 Å². The van der Waals surface area contributed by atoms with Crippen molar-refractivity contribution in [1.82, 2.24) is 24.9 Å². The average Bonchev–Trinajstić information content (AvgIpc) is 3.34. The molecule has 0 spiro atoms. The highest BCUT2D eigenvalue weighted by atomic mass is 127. The zero-order chi connectivity index (χ0) is 20.8. The summed E-state index contributed by atoms with van der Waals surface area (Å²) in [5.41, 5.74) is 4.05. The Morgan fingerprint density at radius 1 is 1.06 bits per heavy atom. The second-order valence-corrected chi connectivity index (χ2v) is 8.79. The SMILES string of the molecule is CN=C(NCc1ccc(CN2CCCCCC2)cc1)N1CCC(c2cnn(C)c2)C1.I. The minimum Gasteiger partial charge on any atom is -0.352 e. The van der Waals surface area contributed by atoms with Gasteiger partial charge < -0.3 is 10.2 Å². The molecular weight excluding hydrogens is 499 g/mol. The fourth-order valence-corrected chi connectivity index (χ4v) is 4.70. The van der Waals surface area contributed by atoms with E-state index in [0.29, 0.717) is 5.92 Å². The summed E-state index contributed by atoms with van der Waals surface area (Å²) in [5, 5.41) is 7.88. The number of hydrogen-bond acceptors (Lipinski definition) is 3. The lowest BCUT2D eigenvalue weighted by Gasteiger charge is -2.22. The molecule has 4 rings (SSSR count). The van der Waals surface area contributed by atoms with Crippen molar-refractivity contribution in [3.8, 4) is 0 Å². The molecule has 2 fully saturated rings. The first-order valence-corrected chi connectivity index (χ1v) is 11.5. The van der Waals surface area contributed by atoms with Crippen molar-refractivity contribution >= 4 is 29.9 Å². The second-order valence-electron chi connectivity index (χ2n) is 8.79. The molecule has 1 aromatic heterocycles. The summed E-state index contributed by atoms with van der Waals surface area (Å²) in [7, 11) is 3.86. The molecule has 0 bridgehead atoms. The highest BCUT2D eigenvalue weighted by Crippen LogP contribution is 2.26. The summed E-state index contributed by atoms with van der Waals surface area (Å²) in [5.74, 6) is 1.53. The van der Waals surface area contributed by atoms with Crippen LogP contribution >= 0.6 is 24.0 Å². The van der Waals surface area contributed by atoms with Gasteiger partial charge >= 0.3 is 0 Å². The number of halogens is 1. The molecule has 1 atom stereocenters. The van der Waals surface area contributed by atoms with E-state index in [2.05, 4.69) is 55.7 Å². The minimum atomic E-state index is 0. The number of nitrogens with one attached hydrogen (secondary N) is 1. The van der Waals surface area contributed by atoms with Gasteiger partial charge in [0.25, 0.3) is 0 Å². The van der Waals surface area contributed by atoms with Gasteiger partial charge in [-0.25, -0.2) is 0 Å². The van der Waals surface area contributed by atoms with Crippen LogP contribution in [0.4, 0.5) is 0 Å². The first-order valence-electron chi connectivity index (χ1n) is 11.5. The summed E-state index contributed by atoms with van der Waals surface area (Å²) in [6.45, 7) is 6.42. The fourth-order valence-electron chi connectivity index (χ4n) is 4.70. The molecule has 0 aliphatic carbocycles. The zero-order valence-corrected chi connectivity index (χ0v) is 21.3. The molecule has 2 aliphatic rings. The van der Waals surface area contributed by atoms with E-state index in [1.807, 2.05) is 25.0 Å². The van der Waals surface area contributed by atoms with E-state index in [9.17, 15) is 0 Å². The average molecular weight is 537 g/mol. The maximum Gasteiger partial charge on any atom is 0.193 e. The van der Waals surface area contributed by atoms with Crippen LogP contribution in [0.1, 0.15) is 54.7 Å². The third-order valence-electron chi connectivity index (χ3n) is 6.47. The van der Waals surface area contributed by atoms with Gasteiger partial charge in [-0.2, -0.15) is 5.10 Å². The molecule has 1 unspecified atom stereocenters. The Bertz CT molecular complexity index is 823. The van der Waals surface area contributed by atoms with Crippen molar-refractivity contribution in [3.63, 3.8) is 0 Å². The molecule has 2 aliphatic heterocycles. The van der Waals surface area contributed by atoms with E-state index >= 15 is 0 Å². The van der Waals surface area contributed by atoms with Crippen molar-refractivity contribution in [1.29, 1.82) is 0 Å². The van der Waals surface area contributed by atoms with Gasteiger partial charge in [0.2, 0.25) is 0 Å². The minimum absolute atomic E-state index is 0. The molecule has 3 heterocycles. The third-order valence-corrected chi connectivity index (χ3v) is 6.47. The molecule has 1 aromatic carbocycles. The molecule has 2 aromatic rings. The highest BCUT2D eigenvalue weighted by Gasteiger charge is 2.26. The molecule has 170 valence electrons. The lowest BCUT2D eigenvalue weighted by Crippen LogP contribution is -2.39. The van der Waals surface area contributed by atoms with Gasteiger partial charge in [0.05, 0.1) is 6.20 Å². The second kappa shape index (κ2) is 11.9. The number of hydrogen-bond donors (Lipinski definition) is 1. The third kappa shape index (κ3) is 6.68. The van der Waals surface area contributed by atoms with Crippen molar-refractivity contribution in [2.75, 3.05) is 33.2 Å². The fraction of sp³-hybridized carbons (Fsp3) is 0.583. The molecule has 31 heavy (non-hydrogen) atoms. The number of likely N-dealkylation sites (tertiary alicyclic amines) is 2. The molecule has 2 saturated heterocycles. The van der Waals surface area contributed by atoms with Gasteiger partial charge in [-0.15, -0.1) is 24.0 Å². The van der Waals surface area contributed by atoms with Crippen LogP contribution in [0.25, 0.3) is 0 Å². The molecule has 1 N–H and O–H groups in total. The summed E-state index contributed by atoms with van der Waals surface area (Å²) < 4.78 is 1.89. The lowest BCUT2D eigenvalue weighted by molar-refractivity contribution is 0.277. The monoisotopic (exact) mass is 536 g/mol. The Labute approximate surface area is 204 Å². The number of aryl methyl sites for hydroxylation is 1. The Morgan fingerprint density at radius 3 is 2.42 bits per heavy atom. The summed E-state index contributed by atoms with van der Waals surface area (Å²) in [6, 6.07) is 9.10. The molecule has 0 amide bonds. The highest BCUT2D eigenvalue weighted by molar-refractivity contribution is 14.0. The van der Waals surface area contributed by atoms with Crippen LogP contribution in [0, 0.1) is 0 Å². The predicted octanol–water partition coefficient (Wildman–Crippen LogP) is 3.98. The number of aromatic nitrogens is 2. The van der Waals surface area contributed by atoms with Crippen LogP contribution in [0.3, 0.4) is 0 Å². The normalized spacial score (nSPS) is 20.4. The van der Waals surface area contributed by atoms with Crippen LogP contribution in [0.2, 0.25) is 0 Å². The van der Waals surface area contributed by atoms with Crippen LogP contribution in [0.5, 0.6) is 0 Å². The standard InChI is InChI=1S/C24H36N6.HI/c1-25-24(30-14-11-22(19-30)23-16-27-28(2)18-23)26-15-20-7-9-21(10-8-20)17-29-12-5-3-4-6-13-29;/h7-10,16,18,22H,3-6,11-15,17,19H2,1-2H3,(H,25,26);1H. The van der Waals surface area contributed by atoms with Gasteiger partial charge in [0.15, 0.2) is 5.96 Å². The van der Waals surface area contributed by atoms with E-state index in [1.165, 1.54) is 55.5 Å². The van der Waals surface area contributed by atoms with Gasteiger partial charge in [0.1, 0.15) is 0 Å². The Morgan fingerprint density at radius 2 is 1.77 bits per heavy atom. The first-order chi connectivity index (χ1) is 14.7. The summed E-state index contributed by atoms with van der Waals surface area (Å²) in [6.07, 6.45) is 10.8. The van der Waals surface area contributed by atoms with Crippen LogP contribution in [-0.2, 0) is 20.1 Å². The Kier molecular flexibility index (Phi) is 9.19. The van der Waals surface area contributed by atoms with Gasteiger partial charge in [0, 0.05) is 52.4 Å². The number of rotatable bonds is 5. The van der Waals surface area contributed by atoms with Crippen molar-refractivity contribution < 1.29 is 0 Å². The van der Waals surface area contributed by atoms with E-state index < -0.39 is 0 Å². The summed E-state index contributed by atoms with van der Waals surface area (Å²) >= 11 is 0. The lowest BCUT2D eigenvalue weighted by atomic mass is 10.0. The number of nitrogens with zero attached hydrogens (tertiary/aromatic N) is 5. The molecule has 7 heteroatoms. The molecular formula is C24H37IN6. The van der Waals surface area contributed by atoms with E-state index in [-0.39, 0.29) is 24.0 Å². The number of guanidine groups is 1. The topological polar surface area (TPSA) is 48.7 Å². The predicted molar refractivity (Wildman–Crippen MR) is 138 cm³/mol. The van der Waals surface area contributed by atoms with Crippen molar-refractivity contribution in [3.05, 3.63) is 53.3 Å². The van der Waals surface area contributed by atoms with Gasteiger partial charge in [-0.3, -0.25) is 14.6 Å². The van der Waals surface area contributed by atoms with E-state index in [4.69, 9.17) is 0 Å². The Hall–Kier alpha value is -1.61. The van der Waals surface area contributed by atoms with Crippen LogP contribution < -0.4 is 5.32 Å². The molecule has 6 nitrogen and oxygen atoms in total. The number of aliphatic imine (C=N–C) groups is 1. The quantitative estimate of drug-likeness (QED) is 0.357. The van der Waals surface area contributed by atoms with Gasteiger partial charge in [-0.1, -0.05) is 37.1 Å². The smallest absolute Gasteiger partial charge is 0.193 e. The van der Waals surface area contributed by atoms with E-state index in [0.717, 1.165) is 38.6 Å². The van der Waals surface area contributed by atoms with E-state index in [1.54, 1.807) is 0 Å². The zero-order valence-electron chi connectivity index (χ0n) is 19.0. The molecule has 0 saturated carbocycles. The first kappa shape index (κ1) is 24.0. The van der Waals surface area contributed by atoms with Crippen LogP contribution in [-0.4, -0.2) is 58.8 Å². The maximum atomic E-state index is 4.53. The summed E-state index contributed by atoms with van der Waals surface area (Å²) in [4.78, 5) is 9.50. The largest absolute Gasteiger partial charge is 0.352 e. The number of benzene rings is 1. The van der Waals surface area contributed by atoms with Crippen molar-refractivity contribution in [2.24, 2.45) is 12.0 Å².